The van der Waals surface area contributed by atoms with Crippen LogP contribution in [0.25, 0.3) is 22.3 Å². The van der Waals surface area contributed by atoms with E-state index in [9.17, 15) is 19.8 Å². The molecule has 1 heterocycles. The van der Waals surface area contributed by atoms with Crippen LogP contribution in [-0.4, -0.2) is 27.9 Å². The highest BCUT2D eigenvalue weighted by Crippen LogP contribution is 2.25. The number of para-hydroxylation sites is 1. The van der Waals surface area contributed by atoms with E-state index < -0.39 is 24.4 Å². The summed E-state index contributed by atoms with van der Waals surface area (Å²) in [6, 6.07) is 14.7. The van der Waals surface area contributed by atoms with Gasteiger partial charge in [0, 0.05) is 23.3 Å². The molecule has 2 aromatic carbocycles. The van der Waals surface area contributed by atoms with Crippen LogP contribution in [0.5, 0.6) is 0 Å². The molecule has 3 rings (SSSR count). The van der Waals surface area contributed by atoms with Crippen molar-refractivity contribution in [3.8, 4) is 11.4 Å². The van der Waals surface area contributed by atoms with E-state index in [1.807, 2.05) is 30.3 Å². The molecule has 126 valence electrons. The molecule has 0 saturated heterocycles. The van der Waals surface area contributed by atoms with Gasteiger partial charge in [-0.05, 0) is 12.1 Å². The van der Waals surface area contributed by atoms with E-state index in [-0.39, 0.29) is 5.82 Å². The number of benzene rings is 2. The number of anilines is 1. The molecule has 0 fully saturated rings. The number of aliphatic carboxylic acids is 2. The Bertz CT molecular complexity index is 928. The Labute approximate surface area is 143 Å². The maximum Gasteiger partial charge on any atom is 0.162 e. The molecule has 7 nitrogen and oxygen atoms in total. The van der Waals surface area contributed by atoms with E-state index in [0.29, 0.717) is 16.7 Å². The Morgan fingerprint density at radius 1 is 0.960 bits per heavy atom. The van der Waals surface area contributed by atoms with Crippen LogP contribution in [0.4, 0.5) is 5.82 Å². The molecule has 1 atom stereocenters. The van der Waals surface area contributed by atoms with Gasteiger partial charge in [-0.15, -0.1) is 0 Å². The van der Waals surface area contributed by atoms with Crippen molar-refractivity contribution in [1.82, 2.24) is 9.97 Å². The first-order valence-corrected chi connectivity index (χ1v) is 7.54. The van der Waals surface area contributed by atoms with Gasteiger partial charge in [0.1, 0.15) is 5.82 Å². The van der Waals surface area contributed by atoms with Crippen molar-refractivity contribution in [3.63, 3.8) is 0 Å². The zero-order valence-electron chi connectivity index (χ0n) is 13.0. The summed E-state index contributed by atoms with van der Waals surface area (Å²) in [7, 11) is 0. The third kappa shape index (κ3) is 3.72. The molecule has 0 radical (unpaired) electrons. The van der Waals surface area contributed by atoms with Gasteiger partial charge >= 0.3 is 0 Å². The van der Waals surface area contributed by atoms with Crippen LogP contribution in [-0.2, 0) is 9.59 Å². The molecule has 0 amide bonds. The molecule has 0 aliphatic heterocycles. The zero-order chi connectivity index (χ0) is 17.8. The number of hydrogen-bond donors (Lipinski definition) is 1. The molecule has 0 unspecified atom stereocenters. The number of nitrogens with zero attached hydrogens (tertiary/aromatic N) is 2. The molecule has 25 heavy (non-hydrogen) atoms. The van der Waals surface area contributed by atoms with E-state index >= 15 is 0 Å². The van der Waals surface area contributed by atoms with Gasteiger partial charge in [-0.1, -0.05) is 42.5 Å². The predicted molar refractivity (Wildman–Crippen MR) is 87.0 cm³/mol. The zero-order valence-corrected chi connectivity index (χ0v) is 13.0. The Morgan fingerprint density at radius 3 is 2.32 bits per heavy atom. The van der Waals surface area contributed by atoms with Crippen molar-refractivity contribution in [2.45, 2.75) is 12.5 Å². The lowest BCUT2D eigenvalue weighted by molar-refractivity contribution is -0.316. The number of carboxylic acids is 2. The summed E-state index contributed by atoms with van der Waals surface area (Å²) < 4.78 is 0. The Kier molecular flexibility index (Phi) is 4.56. The summed E-state index contributed by atoms with van der Waals surface area (Å²) in [6.45, 7) is 0. The largest absolute Gasteiger partial charge is 0.550 e. The van der Waals surface area contributed by atoms with Crippen molar-refractivity contribution >= 4 is 28.7 Å². The minimum Gasteiger partial charge on any atom is -0.550 e. The molecular weight excluding hydrogens is 322 g/mol. The Hall–Kier alpha value is -3.48. The summed E-state index contributed by atoms with van der Waals surface area (Å²) >= 11 is 0. The van der Waals surface area contributed by atoms with Gasteiger partial charge < -0.3 is 25.1 Å². The number of aromatic nitrogens is 2. The molecule has 0 saturated carbocycles. The molecule has 3 aromatic rings. The quantitative estimate of drug-likeness (QED) is 0.672. The SMILES string of the molecule is O=C([O-])C[C@@H](Nc1nc(-c2ccccc2)nc2ccccc12)C(=O)[O-]. The lowest BCUT2D eigenvalue weighted by Crippen LogP contribution is -2.44. The van der Waals surface area contributed by atoms with Gasteiger partial charge in [0.2, 0.25) is 0 Å². The van der Waals surface area contributed by atoms with E-state index in [0.717, 1.165) is 5.56 Å². The number of carbonyl (C=O) groups excluding carboxylic acids is 2. The van der Waals surface area contributed by atoms with Gasteiger partial charge in [0.25, 0.3) is 0 Å². The summed E-state index contributed by atoms with van der Waals surface area (Å²) in [5, 5.41) is 25.2. The van der Waals surface area contributed by atoms with Crippen LogP contribution in [0.1, 0.15) is 6.42 Å². The average Bonchev–Trinajstić information content (AvgIpc) is 2.61. The first kappa shape index (κ1) is 16.4. The van der Waals surface area contributed by atoms with Crippen molar-refractivity contribution in [2.75, 3.05) is 5.32 Å². The summed E-state index contributed by atoms with van der Waals surface area (Å²) in [6.07, 6.45) is -0.735. The minimum atomic E-state index is -1.55. The number of nitrogens with one attached hydrogen (secondary N) is 1. The van der Waals surface area contributed by atoms with Crippen molar-refractivity contribution in [1.29, 1.82) is 0 Å². The van der Waals surface area contributed by atoms with Crippen LogP contribution < -0.4 is 15.5 Å². The molecule has 1 aromatic heterocycles. The Balaban J connectivity index is 2.09. The van der Waals surface area contributed by atoms with Gasteiger partial charge in [-0.3, -0.25) is 0 Å². The number of fused-ring (bicyclic) bond motifs is 1. The molecule has 0 aliphatic carbocycles. The van der Waals surface area contributed by atoms with Gasteiger partial charge in [0.15, 0.2) is 5.82 Å². The second-order valence-corrected chi connectivity index (χ2v) is 5.37. The van der Waals surface area contributed by atoms with Gasteiger partial charge in [-0.25, -0.2) is 9.97 Å². The lowest BCUT2D eigenvalue weighted by Gasteiger charge is -2.21. The maximum atomic E-state index is 11.2. The molecule has 0 spiro atoms. The van der Waals surface area contributed by atoms with E-state index in [4.69, 9.17) is 0 Å². The number of hydrogen-bond acceptors (Lipinski definition) is 7. The lowest BCUT2D eigenvalue weighted by atomic mass is 10.1. The van der Waals surface area contributed by atoms with Crippen LogP contribution in [0, 0.1) is 0 Å². The number of carboxylic acid groups (broad SMARTS) is 2. The fraction of sp³-hybridized carbons (Fsp3) is 0.111. The second-order valence-electron chi connectivity index (χ2n) is 5.37. The molecule has 7 heteroatoms. The highest BCUT2D eigenvalue weighted by Gasteiger charge is 2.15. The summed E-state index contributed by atoms with van der Waals surface area (Å²) in [5.41, 5.74) is 1.35. The number of carbonyl (C=O) groups is 2. The topological polar surface area (TPSA) is 118 Å². The molecule has 1 N–H and O–H groups in total. The third-order valence-corrected chi connectivity index (χ3v) is 3.60. The average molecular weight is 335 g/mol. The third-order valence-electron chi connectivity index (χ3n) is 3.60. The predicted octanol–water partition coefficient (Wildman–Crippen LogP) is -0.0328. The molecule has 0 aliphatic rings. The second kappa shape index (κ2) is 6.96. The Morgan fingerprint density at radius 2 is 1.64 bits per heavy atom. The monoisotopic (exact) mass is 335 g/mol. The number of rotatable bonds is 6. The summed E-state index contributed by atoms with van der Waals surface area (Å²) in [5.74, 6) is -2.43. The minimum absolute atomic E-state index is 0.222. The van der Waals surface area contributed by atoms with Crippen LogP contribution in [0.15, 0.2) is 54.6 Å². The highest BCUT2D eigenvalue weighted by atomic mass is 16.4. The fourth-order valence-corrected chi connectivity index (χ4v) is 2.43. The van der Waals surface area contributed by atoms with Gasteiger partial charge in [0.05, 0.1) is 17.5 Å². The van der Waals surface area contributed by atoms with Crippen molar-refractivity contribution in [3.05, 3.63) is 54.6 Å². The maximum absolute atomic E-state index is 11.2. The first-order chi connectivity index (χ1) is 12.0. The molecule has 0 bridgehead atoms. The summed E-state index contributed by atoms with van der Waals surface area (Å²) in [4.78, 5) is 30.9. The normalized spacial score (nSPS) is 11.8. The van der Waals surface area contributed by atoms with Crippen LogP contribution in [0.2, 0.25) is 0 Å². The van der Waals surface area contributed by atoms with Gasteiger partial charge in [-0.2, -0.15) is 0 Å². The van der Waals surface area contributed by atoms with Crippen LogP contribution in [0.3, 0.4) is 0 Å². The van der Waals surface area contributed by atoms with E-state index in [2.05, 4.69) is 15.3 Å². The highest BCUT2D eigenvalue weighted by molar-refractivity contribution is 5.92. The fourth-order valence-electron chi connectivity index (χ4n) is 2.43. The van der Waals surface area contributed by atoms with Crippen molar-refractivity contribution < 1.29 is 19.8 Å². The standard InChI is InChI=1S/C18H15N3O4/c22-15(23)10-14(18(24)25)20-17-12-8-4-5-9-13(12)19-16(21-17)11-6-2-1-3-7-11/h1-9,14H,10H2,(H,22,23)(H,24,25)(H,19,20,21)/p-2/t14-/m1/s1. The van der Waals surface area contributed by atoms with Crippen molar-refractivity contribution in [2.24, 2.45) is 0 Å². The van der Waals surface area contributed by atoms with E-state index in [1.165, 1.54) is 0 Å². The smallest absolute Gasteiger partial charge is 0.162 e. The van der Waals surface area contributed by atoms with Crippen LogP contribution >= 0.6 is 0 Å². The van der Waals surface area contributed by atoms with E-state index in [1.54, 1.807) is 24.3 Å². The molecular formula is C18H13N3O4-2. The first-order valence-electron chi connectivity index (χ1n) is 7.54.